The van der Waals surface area contributed by atoms with Gasteiger partial charge in [-0.05, 0) is 128 Å². The number of rotatable bonds is 7. The van der Waals surface area contributed by atoms with E-state index < -0.39 is 5.41 Å². The van der Waals surface area contributed by atoms with Crippen LogP contribution >= 0.6 is 0 Å². The molecule has 12 rings (SSSR count). The highest BCUT2D eigenvalue weighted by Gasteiger charge is 2.46. The molecule has 0 spiro atoms. The van der Waals surface area contributed by atoms with Crippen molar-refractivity contribution >= 4 is 49.6 Å². The number of hydrogen-bond donors (Lipinski definition) is 0. The Kier molecular flexibility index (Phi) is 8.11. The number of nitrogens with zero attached hydrogens (tertiary/aromatic N) is 2. The number of anilines is 3. The van der Waals surface area contributed by atoms with Crippen molar-refractivity contribution in [2.45, 2.75) is 5.41 Å². The standard InChI is InChI=1S/C59H40N2/c1-4-18-45(19-5-1)59(55-26-14-12-24-51(55)52-25-13-15-27-56(52)59)46-32-36-57-53(39-46)54-40-50(35-37-58(54)61(57)48-22-8-3-9-23-48)60(47-20-6-2-7-21-47)49-33-30-42(31-34-49)44-29-28-41-16-10-11-17-43(41)38-44/h1-40H. The highest BCUT2D eigenvalue weighted by Crippen LogP contribution is 2.56. The molecule has 0 unspecified atom stereocenters. The van der Waals surface area contributed by atoms with Crippen LogP contribution < -0.4 is 4.90 Å². The minimum absolute atomic E-state index is 0.496. The van der Waals surface area contributed by atoms with Gasteiger partial charge in [0.2, 0.25) is 0 Å². The first kappa shape index (κ1) is 35.0. The smallest absolute Gasteiger partial charge is 0.0713 e. The second-order valence-corrected chi connectivity index (χ2v) is 16.1. The lowest BCUT2D eigenvalue weighted by Crippen LogP contribution is -2.28. The Hall–Kier alpha value is -7.94. The fourth-order valence-corrected chi connectivity index (χ4v) is 10.1. The van der Waals surface area contributed by atoms with Gasteiger partial charge in [-0.3, -0.25) is 0 Å². The lowest BCUT2D eigenvalue weighted by Gasteiger charge is -2.34. The van der Waals surface area contributed by atoms with E-state index in [4.69, 9.17) is 0 Å². The van der Waals surface area contributed by atoms with E-state index in [0.717, 1.165) is 22.7 Å². The molecule has 61 heavy (non-hydrogen) atoms. The summed E-state index contributed by atoms with van der Waals surface area (Å²) < 4.78 is 2.43. The molecule has 2 nitrogen and oxygen atoms in total. The van der Waals surface area contributed by atoms with Gasteiger partial charge < -0.3 is 9.47 Å². The zero-order valence-corrected chi connectivity index (χ0v) is 33.5. The summed E-state index contributed by atoms with van der Waals surface area (Å²) in [4.78, 5) is 2.38. The fourth-order valence-electron chi connectivity index (χ4n) is 10.1. The van der Waals surface area contributed by atoms with Crippen LogP contribution in [0.5, 0.6) is 0 Å². The molecule has 11 aromatic rings. The minimum atomic E-state index is -0.496. The summed E-state index contributed by atoms with van der Waals surface area (Å²) in [7, 11) is 0. The number of aromatic nitrogens is 1. The van der Waals surface area contributed by atoms with Gasteiger partial charge in [-0.25, -0.2) is 0 Å². The monoisotopic (exact) mass is 776 g/mol. The summed E-state index contributed by atoms with van der Waals surface area (Å²) in [5.41, 5.74) is 16.4. The summed E-state index contributed by atoms with van der Waals surface area (Å²) in [5.74, 6) is 0. The first-order chi connectivity index (χ1) is 30.3. The molecule has 0 atom stereocenters. The summed E-state index contributed by atoms with van der Waals surface area (Å²) in [6.07, 6.45) is 0. The molecule has 0 bridgehead atoms. The van der Waals surface area contributed by atoms with Crippen LogP contribution in [0.4, 0.5) is 17.1 Å². The van der Waals surface area contributed by atoms with Crippen LogP contribution in [0.3, 0.4) is 0 Å². The normalized spacial score (nSPS) is 12.7. The van der Waals surface area contributed by atoms with Crippen LogP contribution in [-0.4, -0.2) is 4.57 Å². The topological polar surface area (TPSA) is 8.17 Å². The van der Waals surface area contributed by atoms with Crippen molar-refractivity contribution in [3.8, 4) is 27.9 Å². The maximum absolute atomic E-state index is 2.48. The van der Waals surface area contributed by atoms with Gasteiger partial charge in [0.25, 0.3) is 0 Å². The Morgan fingerprint density at radius 1 is 0.328 bits per heavy atom. The van der Waals surface area contributed by atoms with E-state index in [9.17, 15) is 0 Å². The fraction of sp³-hybridized carbons (Fsp3) is 0.0169. The maximum atomic E-state index is 2.48. The lowest BCUT2D eigenvalue weighted by molar-refractivity contribution is 0.770. The Morgan fingerprint density at radius 3 is 1.56 bits per heavy atom. The van der Waals surface area contributed by atoms with Crippen LogP contribution in [0, 0.1) is 0 Å². The molecular weight excluding hydrogens is 737 g/mol. The van der Waals surface area contributed by atoms with Gasteiger partial charge in [0.05, 0.1) is 16.4 Å². The summed E-state index contributed by atoms with van der Waals surface area (Å²) in [5, 5.41) is 4.92. The van der Waals surface area contributed by atoms with E-state index >= 15 is 0 Å². The second-order valence-electron chi connectivity index (χ2n) is 16.1. The third-order valence-electron chi connectivity index (χ3n) is 12.8. The van der Waals surface area contributed by atoms with Crippen LogP contribution in [0.15, 0.2) is 243 Å². The predicted octanol–water partition coefficient (Wildman–Crippen LogP) is 15.4. The van der Waals surface area contributed by atoms with Gasteiger partial charge in [-0.2, -0.15) is 0 Å². The largest absolute Gasteiger partial charge is 0.310 e. The Morgan fingerprint density at radius 2 is 0.852 bits per heavy atom. The first-order valence-electron chi connectivity index (χ1n) is 21.1. The molecule has 286 valence electrons. The second kappa shape index (κ2) is 14.1. The predicted molar refractivity (Wildman–Crippen MR) is 256 cm³/mol. The number of fused-ring (bicyclic) bond motifs is 7. The molecule has 1 aromatic heterocycles. The highest BCUT2D eigenvalue weighted by molar-refractivity contribution is 6.11. The van der Waals surface area contributed by atoms with E-state index in [1.165, 1.54) is 77.1 Å². The van der Waals surface area contributed by atoms with Crippen LogP contribution in [0.1, 0.15) is 22.3 Å². The number of benzene rings is 10. The van der Waals surface area contributed by atoms with E-state index in [1.807, 2.05) is 0 Å². The third-order valence-corrected chi connectivity index (χ3v) is 12.8. The third kappa shape index (κ3) is 5.50. The van der Waals surface area contributed by atoms with E-state index in [1.54, 1.807) is 0 Å². The Balaban J connectivity index is 1.08. The molecule has 0 saturated heterocycles. The van der Waals surface area contributed by atoms with Crippen molar-refractivity contribution in [3.05, 3.63) is 265 Å². The lowest BCUT2D eigenvalue weighted by atomic mass is 9.67. The van der Waals surface area contributed by atoms with Gasteiger partial charge in [0.1, 0.15) is 0 Å². The molecule has 0 fully saturated rings. The molecule has 0 aliphatic heterocycles. The van der Waals surface area contributed by atoms with Crippen LogP contribution in [0.2, 0.25) is 0 Å². The zero-order valence-electron chi connectivity index (χ0n) is 33.5. The van der Waals surface area contributed by atoms with Crippen molar-refractivity contribution in [2.24, 2.45) is 0 Å². The average Bonchev–Trinajstić information content (AvgIpc) is 3.83. The molecule has 1 aliphatic rings. The Labute approximate surface area is 355 Å². The van der Waals surface area contributed by atoms with Crippen molar-refractivity contribution in [1.29, 1.82) is 0 Å². The maximum Gasteiger partial charge on any atom is 0.0713 e. The summed E-state index contributed by atoms with van der Waals surface area (Å²) in [6, 6.07) is 89.1. The van der Waals surface area contributed by atoms with E-state index in [0.29, 0.717) is 0 Å². The first-order valence-corrected chi connectivity index (χ1v) is 21.1. The van der Waals surface area contributed by atoms with Gasteiger partial charge in [-0.15, -0.1) is 0 Å². The highest BCUT2D eigenvalue weighted by atomic mass is 15.1. The van der Waals surface area contributed by atoms with Crippen molar-refractivity contribution < 1.29 is 0 Å². The molecule has 1 aliphatic carbocycles. The number of hydrogen-bond acceptors (Lipinski definition) is 1. The average molecular weight is 777 g/mol. The molecule has 0 amide bonds. The van der Waals surface area contributed by atoms with Gasteiger partial charge >= 0.3 is 0 Å². The van der Waals surface area contributed by atoms with E-state index in [-0.39, 0.29) is 0 Å². The van der Waals surface area contributed by atoms with Crippen molar-refractivity contribution in [1.82, 2.24) is 4.57 Å². The zero-order chi connectivity index (χ0) is 40.3. The molecule has 10 aromatic carbocycles. The number of para-hydroxylation sites is 2. The van der Waals surface area contributed by atoms with Gasteiger partial charge in [0, 0.05) is 33.5 Å². The molecule has 1 heterocycles. The Bertz CT molecular complexity index is 3360. The van der Waals surface area contributed by atoms with Crippen molar-refractivity contribution in [2.75, 3.05) is 4.90 Å². The van der Waals surface area contributed by atoms with Gasteiger partial charge in [-0.1, -0.05) is 170 Å². The van der Waals surface area contributed by atoms with Crippen LogP contribution in [-0.2, 0) is 5.41 Å². The SMILES string of the molecule is c1ccc(N(c2ccc(-c3ccc4ccccc4c3)cc2)c2ccc3c(c2)c2cc(C4(c5ccccc5)c5ccccc5-c5ccccc54)ccc2n3-c2ccccc2)cc1. The summed E-state index contributed by atoms with van der Waals surface area (Å²) in [6.45, 7) is 0. The molecule has 0 saturated carbocycles. The molecule has 0 radical (unpaired) electrons. The van der Waals surface area contributed by atoms with E-state index in [2.05, 4.69) is 252 Å². The molecule has 0 N–H and O–H groups in total. The quantitative estimate of drug-likeness (QED) is 0.156. The van der Waals surface area contributed by atoms with Crippen molar-refractivity contribution in [3.63, 3.8) is 0 Å². The molecule has 2 heteroatoms. The summed E-state index contributed by atoms with van der Waals surface area (Å²) >= 11 is 0. The van der Waals surface area contributed by atoms with Gasteiger partial charge in [0.15, 0.2) is 0 Å². The molecular formula is C59H40N2. The van der Waals surface area contributed by atoms with Crippen LogP contribution in [0.25, 0.3) is 60.5 Å². The minimum Gasteiger partial charge on any atom is -0.310 e.